The van der Waals surface area contributed by atoms with Crippen molar-refractivity contribution in [3.63, 3.8) is 0 Å². The number of amides is 1. The lowest BCUT2D eigenvalue weighted by Crippen LogP contribution is -2.13. The maximum atomic E-state index is 12.5. The van der Waals surface area contributed by atoms with Gasteiger partial charge in [0.05, 0.1) is 21.3 Å². The first-order chi connectivity index (χ1) is 12.1. The zero-order valence-electron chi connectivity index (χ0n) is 14.4. The minimum absolute atomic E-state index is 0.334. The molecule has 6 nitrogen and oxygen atoms in total. The predicted molar refractivity (Wildman–Crippen MR) is 96.8 cm³/mol. The van der Waals surface area contributed by atoms with E-state index in [1.165, 1.54) is 11.3 Å². The summed E-state index contributed by atoms with van der Waals surface area (Å²) < 4.78 is 18.7. The molecule has 3 aromatic rings. The first-order valence-electron chi connectivity index (χ1n) is 7.52. The Morgan fingerprint density at radius 3 is 2.44 bits per heavy atom. The summed E-state index contributed by atoms with van der Waals surface area (Å²) in [5, 5.41) is 0. The number of nitrogens with zero attached hydrogens (tertiary/aromatic N) is 2. The second-order valence-electron chi connectivity index (χ2n) is 5.24. The Bertz CT molecular complexity index is 1000. The van der Waals surface area contributed by atoms with Gasteiger partial charge in [-0.3, -0.25) is 4.79 Å². The second kappa shape index (κ2) is 6.98. The van der Waals surface area contributed by atoms with Gasteiger partial charge in [0.15, 0.2) is 4.80 Å². The molecular weight excluding hydrogens is 340 g/mol. The van der Waals surface area contributed by atoms with Gasteiger partial charge in [-0.05, 0) is 30.3 Å². The lowest BCUT2D eigenvalue weighted by atomic mass is 10.2. The van der Waals surface area contributed by atoms with E-state index in [-0.39, 0.29) is 5.91 Å². The minimum atomic E-state index is -0.334. The molecule has 0 unspecified atom stereocenters. The number of methoxy groups -OCH3 is 3. The summed E-state index contributed by atoms with van der Waals surface area (Å²) in [4.78, 5) is 17.4. The molecule has 0 spiro atoms. The summed E-state index contributed by atoms with van der Waals surface area (Å²) in [5.41, 5.74) is 1.31. The molecule has 25 heavy (non-hydrogen) atoms. The van der Waals surface area contributed by atoms with E-state index in [0.29, 0.717) is 27.6 Å². The fourth-order valence-corrected chi connectivity index (χ4v) is 3.66. The van der Waals surface area contributed by atoms with E-state index in [0.717, 1.165) is 10.2 Å². The topological polar surface area (TPSA) is 62.1 Å². The molecule has 0 aliphatic carbocycles. The van der Waals surface area contributed by atoms with Crippen LogP contribution in [0.1, 0.15) is 10.4 Å². The largest absolute Gasteiger partial charge is 0.497 e. The zero-order valence-corrected chi connectivity index (χ0v) is 15.2. The van der Waals surface area contributed by atoms with Crippen molar-refractivity contribution in [3.8, 4) is 17.2 Å². The highest BCUT2D eigenvalue weighted by Gasteiger charge is 2.15. The number of ether oxygens (including phenoxy) is 3. The highest BCUT2D eigenvalue weighted by atomic mass is 32.1. The number of carbonyl (C=O) groups is 1. The van der Waals surface area contributed by atoms with Gasteiger partial charge in [-0.2, -0.15) is 4.99 Å². The molecule has 0 atom stereocenters. The molecule has 1 amide bonds. The molecule has 1 heterocycles. The van der Waals surface area contributed by atoms with E-state index in [4.69, 9.17) is 14.2 Å². The van der Waals surface area contributed by atoms with Gasteiger partial charge in [0, 0.05) is 12.6 Å². The van der Waals surface area contributed by atoms with Gasteiger partial charge in [-0.15, -0.1) is 0 Å². The van der Waals surface area contributed by atoms with Crippen LogP contribution < -0.4 is 19.0 Å². The van der Waals surface area contributed by atoms with Crippen molar-refractivity contribution in [2.24, 2.45) is 12.0 Å². The Morgan fingerprint density at radius 2 is 1.76 bits per heavy atom. The number of aromatic nitrogens is 1. The quantitative estimate of drug-likeness (QED) is 0.719. The molecule has 7 heteroatoms. The molecule has 0 aliphatic heterocycles. The van der Waals surface area contributed by atoms with E-state index < -0.39 is 0 Å². The molecule has 0 radical (unpaired) electrons. The fraction of sp³-hybridized carbons (Fsp3) is 0.222. The van der Waals surface area contributed by atoms with Gasteiger partial charge in [-0.1, -0.05) is 17.4 Å². The number of benzene rings is 2. The molecule has 0 N–H and O–H groups in total. The summed E-state index contributed by atoms with van der Waals surface area (Å²) >= 11 is 1.38. The van der Waals surface area contributed by atoms with Crippen LogP contribution in [0.25, 0.3) is 10.2 Å². The van der Waals surface area contributed by atoms with E-state index in [2.05, 4.69) is 4.99 Å². The second-order valence-corrected chi connectivity index (χ2v) is 6.22. The lowest BCUT2D eigenvalue weighted by Gasteiger charge is -2.06. The molecule has 0 saturated carbocycles. The van der Waals surface area contributed by atoms with E-state index in [9.17, 15) is 4.79 Å². The number of fused-ring (bicyclic) bond motifs is 1. The smallest absolute Gasteiger partial charge is 0.279 e. The molecule has 0 aliphatic rings. The third-order valence-corrected chi connectivity index (χ3v) is 4.97. The van der Waals surface area contributed by atoms with Crippen LogP contribution in [0.4, 0.5) is 0 Å². The summed E-state index contributed by atoms with van der Waals surface area (Å²) in [5.74, 6) is 1.70. The van der Waals surface area contributed by atoms with E-state index in [1.54, 1.807) is 45.6 Å². The Labute approximate surface area is 148 Å². The Morgan fingerprint density at radius 1 is 1.04 bits per heavy atom. The first kappa shape index (κ1) is 17.0. The van der Waals surface area contributed by atoms with E-state index in [1.807, 2.05) is 23.7 Å². The predicted octanol–water partition coefficient (Wildman–Crippen LogP) is 3.01. The molecule has 0 saturated heterocycles. The summed E-state index contributed by atoms with van der Waals surface area (Å²) in [7, 11) is 6.63. The van der Waals surface area contributed by atoms with Crippen LogP contribution in [-0.2, 0) is 7.05 Å². The highest BCUT2D eigenvalue weighted by molar-refractivity contribution is 7.16. The van der Waals surface area contributed by atoms with Crippen LogP contribution in [0, 0.1) is 0 Å². The van der Waals surface area contributed by atoms with E-state index >= 15 is 0 Å². The Kier molecular flexibility index (Phi) is 4.76. The number of carbonyl (C=O) groups excluding carboxylic acids is 1. The van der Waals surface area contributed by atoms with Crippen LogP contribution in [-0.4, -0.2) is 31.8 Å². The molecule has 0 bridgehead atoms. The van der Waals surface area contributed by atoms with Crippen molar-refractivity contribution < 1.29 is 19.0 Å². The SMILES string of the molecule is COc1cccc(C(=O)N=c2sc3c(OC)ccc(OC)c3n2C)c1. The van der Waals surface area contributed by atoms with Gasteiger partial charge >= 0.3 is 0 Å². The maximum absolute atomic E-state index is 12.5. The maximum Gasteiger partial charge on any atom is 0.279 e. The molecule has 0 fully saturated rings. The molecule has 130 valence electrons. The van der Waals surface area contributed by atoms with Gasteiger partial charge < -0.3 is 18.8 Å². The normalized spacial score (nSPS) is 11.6. The van der Waals surface area contributed by atoms with Crippen LogP contribution in [0.15, 0.2) is 41.4 Å². The lowest BCUT2D eigenvalue weighted by molar-refractivity contribution is 0.0997. The molecule has 1 aromatic heterocycles. The van der Waals surface area contributed by atoms with Crippen molar-refractivity contribution in [3.05, 3.63) is 46.8 Å². The molecular formula is C18H18N2O4S. The average Bonchev–Trinajstić information content (AvgIpc) is 2.97. The Hall–Kier alpha value is -2.80. The van der Waals surface area contributed by atoms with Crippen LogP contribution in [0.3, 0.4) is 0 Å². The number of hydrogen-bond donors (Lipinski definition) is 0. The van der Waals surface area contributed by atoms with Gasteiger partial charge in [0.2, 0.25) is 0 Å². The average molecular weight is 358 g/mol. The first-order valence-corrected chi connectivity index (χ1v) is 8.34. The molecule has 2 aromatic carbocycles. The van der Waals surface area contributed by atoms with Crippen molar-refractivity contribution >= 4 is 27.5 Å². The standard InChI is InChI=1S/C18H18N2O4S/c1-20-15-13(23-3)8-9-14(24-4)16(15)25-18(20)19-17(21)11-6-5-7-12(10-11)22-2/h5-10H,1-4H3. The van der Waals surface area contributed by atoms with Crippen molar-refractivity contribution in [2.75, 3.05) is 21.3 Å². The zero-order chi connectivity index (χ0) is 18.0. The third-order valence-electron chi connectivity index (χ3n) is 3.83. The van der Waals surface area contributed by atoms with Crippen molar-refractivity contribution in [1.29, 1.82) is 0 Å². The summed E-state index contributed by atoms with van der Waals surface area (Å²) in [6, 6.07) is 10.6. The van der Waals surface area contributed by atoms with Gasteiger partial charge in [-0.25, -0.2) is 0 Å². The van der Waals surface area contributed by atoms with Crippen molar-refractivity contribution in [1.82, 2.24) is 4.57 Å². The monoisotopic (exact) mass is 358 g/mol. The molecule has 3 rings (SSSR count). The van der Waals surface area contributed by atoms with Crippen LogP contribution >= 0.6 is 11.3 Å². The third kappa shape index (κ3) is 3.10. The van der Waals surface area contributed by atoms with Crippen LogP contribution in [0.2, 0.25) is 0 Å². The van der Waals surface area contributed by atoms with Crippen LogP contribution in [0.5, 0.6) is 17.2 Å². The summed E-state index contributed by atoms with van der Waals surface area (Å²) in [6.45, 7) is 0. The number of hydrogen-bond acceptors (Lipinski definition) is 5. The van der Waals surface area contributed by atoms with Crippen molar-refractivity contribution in [2.45, 2.75) is 0 Å². The highest BCUT2D eigenvalue weighted by Crippen LogP contribution is 2.34. The van der Waals surface area contributed by atoms with Gasteiger partial charge in [0.25, 0.3) is 5.91 Å². The summed E-state index contributed by atoms with van der Waals surface area (Å²) in [6.07, 6.45) is 0. The Balaban J connectivity index is 2.16. The number of thiazole rings is 1. The van der Waals surface area contributed by atoms with Gasteiger partial charge in [0.1, 0.15) is 27.5 Å². The fourth-order valence-electron chi connectivity index (χ4n) is 2.54. The number of aryl methyl sites for hydroxylation is 1. The minimum Gasteiger partial charge on any atom is -0.497 e. The number of rotatable bonds is 4.